The summed E-state index contributed by atoms with van der Waals surface area (Å²) in [6.07, 6.45) is -4.13. The lowest BCUT2D eigenvalue weighted by Gasteiger charge is -2.35. The number of phenolic OH excluding ortho intramolecular Hbond substituents is 1. The number of benzene rings is 1. The van der Waals surface area contributed by atoms with Crippen molar-refractivity contribution in [3.8, 4) is 5.75 Å². The molecule has 0 atom stereocenters. The topological polar surface area (TPSA) is 26.7 Å². The van der Waals surface area contributed by atoms with E-state index >= 15 is 0 Å². The fraction of sp³-hybridized carbons (Fsp3) is 0.538. The lowest BCUT2D eigenvalue weighted by molar-refractivity contribution is -0.149. The van der Waals surface area contributed by atoms with E-state index in [4.69, 9.17) is 0 Å². The fourth-order valence-electron chi connectivity index (χ4n) is 2.29. The van der Waals surface area contributed by atoms with Gasteiger partial charge in [0.2, 0.25) is 0 Å². The largest absolute Gasteiger partial charge is 0.506 e. The zero-order valence-corrected chi connectivity index (χ0v) is 12.4. The van der Waals surface area contributed by atoms with Crippen molar-refractivity contribution >= 4 is 15.9 Å². The number of halogens is 4. The Morgan fingerprint density at radius 2 is 1.70 bits per heavy atom. The molecule has 1 aliphatic rings. The molecule has 0 radical (unpaired) electrons. The third kappa shape index (κ3) is 4.36. The minimum absolute atomic E-state index is 0.199. The molecular formula is C13H16BrF3N2O. The highest BCUT2D eigenvalue weighted by molar-refractivity contribution is 9.10. The summed E-state index contributed by atoms with van der Waals surface area (Å²) in [7, 11) is 0. The summed E-state index contributed by atoms with van der Waals surface area (Å²) in [5.41, 5.74) is 0.781. The number of aromatic hydroxyl groups is 1. The minimum Gasteiger partial charge on any atom is -0.506 e. The van der Waals surface area contributed by atoms with Gasteiger partial charge in [0.05, 0.1) is 11.0 Å². The van der Waals surface area contributed by atoms with Crippen LogP contribution in [0.3, 0.4) is 0 Å². The average molecular weight is 353 g/mol. The standard InChI is InChI=1S/C13H16BrF3N2O/c14-11-3-1-2-10(12(11)20)8-18-4-6-19(7-5-18)9-13(15,16)17/h1-3,20H,4-9H2. The average Bonchev–Trinajstić information content (AvgIpc) is 2.35. The van der Waals surface area contributed by atoms with E-state index in [1.807, 2.05) is 17.0 Å². The maximum absolute atomic E-state index is 12.3. The third-order valence-corrected chi connectivity index (χ3v) is 3.97. The van der Waals surface area contributed by atoms with Gasteiger partial charge in [0, 0.05) is 38.3 Å². The molecule has 1 saturated heterocycles. The Hall–Kier alpha value is -0.790. The first kappa shape index (κ1) is 15.6. The Morgan fingerprint density at radius 1 is 1.10 bits per heavy atom. The van der Waals surface area contributed by atoms with Gasteiger partial charge in [-0.15, -0.1) is 0 Å². The van der Waals surface area contributed by atoms with Gasteiger partial charge >= 0.3 is 6.18 Å². The second kappa shape index (κ2) is 6.32. The van der Waals surface area contributed by atoms with Gasteiger partial charge in [0.25, 0.3) is 0 Å². The number of hydrogen-bond acceptors (Lipinski definition) is 3. The molecule has 1 fully saturated rings. The number of para-hydroxylation sites is 1. The Labute approximate surface area is 124 Å². The van der Waals surface area contributed by atoms with Crippen LogP contribution in [0, 0.1) is 0 Å². The van der Waals surface area contributed by atoms with E-state index in [0.29, 0.717) is 37.2 Å². The monoisotopic (exact) mass is 352 g/mol. The first-order valence-corrected chi connectivity index (χ1v) is 7.12. The summed E-state index contributed by atoms with van der Waals surface area (Å²) >= 11 is 3.25. The highest BCUT2D eigenvalue weighted by atomic mass is 79.9. The van der Waals surface area contributed by atoms with Gasteiger partial charge in [0.1, 0.15) is 5.75 Å². The van der Waals surface area contributed by atoms with E-state index in [9.17, 15) is 18.3 Å². The van der Waals surface area contributed by atoms with Crippen molar-refractivity contribution in [2.45, 2.75) is 12.7 Å². The lowest BCUT2D eigenvalue weighted by Crippen LogP contribution is -2.48. The van der Waals surface area contributed by atoms with E-state index in [2.05, 4.69) is 15.9 Å². The van der Waals surface area contributed by atoms with Crippen molar-refractivity contribution in [3.05, 3.63) is 28.2 Å². The van der Waals surface area contributed by atoms with Crippen LogP contribution in [0.2, 0.25) is 0 Å². The highest BCUT2D eigenvalue weighted by Crippen LogP contribution is 2.28. The van der Waals surface area contributed by atoms with Gasteiger partial charge in [-0.2, -0.15) is 13.2 Å². The number of nitrogens with zero attached hydrogens (tertiary/aromatic N) is 2. The van der Waals surface area contributed by atoms with E-state index in [-0.39, 0.29) is 5.75 Å². The number of piperazine rings is 1. The Balaban J connectivity index is 1.87. The molecule has 0 saturated carbocycles. The zero-order chi connectivity index (χ0) is 14.8. The minimum atomic E-state index is -4.13. The molecule has 1 aromatic carbocycles. The number of hydrogen-bond donors (Lipinski definition) is 1. The normalized spacial score (nSPS) is 18.4. The molecule has 1 aliphatic heterocycles. The molecule has 1 heterocycles. The molecule has 1 N–H and O–H groups in total. The molecular weight excluding hydrogens is 337 g/mol. The smallest absolute Gasteiger partial charge is 0.401 e. The van der Waals surface area contributed by atoms with E-state index in [1.54, 1.807) is 6.07 Å². The predicted molar refractivity (Wildman–Crippen MR) is 73.6 cm³/mol. The number of alkyl halides is 3. The van der Waals surface area contributed by atoms with Crippen LogP contribution < -0.4 is 0 Å². The molecule has 7 heteroatoms. The van der Waals surface area contributed by atoms with Crippen LogP contribution in [0.15, 0.2) is 22.7 Å². The SMILES string of the molecule is Oc1c(Br)cccc1CN1CCN(CC(F)(F)F)CC1. The van der Waals surface area contributed by atoms with E-state index < -0.39 is 12.7 Å². The van der Waals surface area contributed by atoms with Crippen molar-refractivity contribution in [1.29, 1.82) is 0 Å². The van der Waals surface area contributed by atoms with Crippen LogP contribution in [-0.4, -0.2) is 53.8 Å². The van der Waals surface area contributed by atoms with Crippen LogP contribution >= 0.6 is 15.9 Å². The van der Waals surface area contributed by atoms with Gasteiger partial charge in [-0.3, -0.25) is 9.80 Å². The third-order valence-electron chi connectivity index (χ3n) is 3.33. The molecule has 0 aromatic heterocycles. The Bertz CT molecular complexity index is 459. The van der Waals surface area contributed by atoms with Gasteiger partial charge in [0.15, 0.2) is 0 Å². The van der Waals surface area contributed by atoms with Crippen molar-refractivity contribution in [2.75, 3.05) is 32.7 Å². The molecule has 20 heavy (non-hydrogen) atoms. The van der Waals surface area contributed by atoms with Crippen LogP contribution in [-0.2, 0) is 6.54 Å². The molecule has 0 aliphatic carbocycles. The number of rotatable bonds is 3. The van der Waals surface area contributed by atoms with Crippen molar-refractivity contribution in [3.63, 3.8) is 0 Å². The number of phenols is 1. The van der Waals surface area contributed by atoms with Crippen molar-refractivity contribution in [2.24, 2.45) is 0 Å². The molecule has 0 spiro atoms. The molecule has 2 rings (SSSR count). The summed E-state index contributed by atoms with van der Waals surface area (Å²) in [5, 5.41) is 9.90. The van der Waals surface area contributed by atoms with Gasteiger partial charge in [-0.1, -0.05) is 12.1 Å². The van der Waals surface area contributed by atoms with Crippen molar-refractivity contribution < 1.29 is 18.3 Å². The van der Waals surface area contributed by atoms with Gasteiger partial charge in [-0.05, 0) is 22.0 Å². The van der Waals surface area contributed by atoms with E-state index in [0.717, 1.165) is 5.56 Å². The highest BCUT2D eigenvalue weighted by Gasteiger charge is 2.32. The fourth-order valence-corrected chi connectivity index (χ4v) is 2.69. The molecule has 0 amide bonds. The first-order chi connectivity index (χ1) is 9.35. The molecule has 112 valence electrons. The summed E-state index contributed by atoms with van der Waals surface area (Å²) in [4.78, 5) is 3.46. The second-order valence-corrected chi connectivity index (χ2v) is 5.77. The predicted octanol–water partition coefficient (Wildman–Crippen LogP) is 2.83. The summed E-state index contributed by atoms with van der Waals surface area (Å²) in [6, 6.07) is 5.40. The summed E-state index contributed by atoms with van der Waals surface area (Å²) < 4.78 is 37.5. The summed E-state index contributed by atoms with van der Waals surface area (Å²) in [6.45, 7) is 1.64. The lowest BCUT2D eigenvalue weighted by atomic mass is 10.1. The maximum Gasteiger partial charge on any atom is 0.401 e. The first-order valence-electron chi connectivity index (χ1n) is 6.33. The zero-order valence-electron chi connectivity index (χ0n) is 10.8. The maximum atomic E-state index is 12.3. The molecule has 3 nitrogen and oxygen atoms in total. The quantitative estimate of drug-likeness (QED) is 0.906. The Kier molecular flexibility index (Phi) is 4.93. The summed E-state index contributed by atoms with van der Waals surface area (Å²) in [5.74, 6) is 0.199. The molecule has 0 unspecified atom stereocenters. The second-order valence-electron chi connectivity index (χ2n) is 4.92. The van der Waals surface area contributed by atoms with Crippen LogP contribution in [0.1, 0.15) is 5.56 Å². The van der Waals surface area contributed by atoms with Crippen LogP contribution in [0.4, 0.5) is 13.2 Å². The van der Waals surface area contributed by atoms with Crippen LogP contribution in [0.25, 0.3) is 0 Å². The van der Waals surface area contributed by atoms with Crippen LogP contribution in [0.5, 0.6) is 5.75 Å². The molecule has 0 bridgehead atoms. The molecule has 1 aromatic rings. The van der Waals surface area contributed by atoms with Gasteiger partial charge in [-0.25, -0.2) is 0 Å². The van der Waals surface area contributed by atoms with E-state index in [1.165, 1.54) is 4.90 Å². The van der Waals surface area contributed by atoms with Gasteiger partial charge < -0.3 is 5.11 Å². The Morgan fingerprint density at radius 3 is 2.30 bits per heavy atom. The van der Waals surface area contributed by atoms with Crippen molar-refractivity contribution in [1.82, 2.24) is 9.80 Å².